The first-order chi connectivity index (χ1) is 13.7. The van der Waals surface area contributed by atoms with Crippen molar-refractivity contribution < 1.29 is 9.53 Å². The first-order valence-corrected chi connectivity index (χ1v) is 9.68. The number of amides is 1. The second-order valence-electron chi connectivity index (χ2n) is 7.14. The number of rotatable bonds is 5. The van der Waals surface area contributed by atoms with Crippen LogP contribution in [0.15, 0.2) is 55.0 Å². The average molecular weight is 376 g/mol. The topological polar surface area (TPSA) is 79.9 Å². The Kier molecular flexibility index (Phi) is 5.37. The van der Waals surface area contributed by atoms with Crippen LogP contribution in [0.3, 0.4) is 0 Å². The number of pyridine rings is 1. The number of carbonyl (C=O) groups excluding carboxylic acids is 1. The van der Waals surface area contributed by atoms with Crippen LogP contribution in [0.2, 0.25) is 0 Å². The predicted molar refractivity (Wildman–Crippen MR) is 107 cm³/mol. The van der Waals surface area contributed by atoms with Crippen molar-refractivity contribution in [2.75, 3.05) is 0 Å². The molecule has 1 saturated carbocycles. The van der Waals surface area contributed by atoms with Crippen LogP contribution in [-0.2, 0) is 0 Å². The van der Waals surface area contributed by atoms with E-state index in [1.54, 1.807) is 18.6 Å². The number of aromatic nitrogens is 3. The lowest BCUT2D eigenvalue weighted by Gasteiger charge is -2.30. The molecule has 2 heterocycles. The molecule has 144 valence electrons. The number of aryl methyl sites for hydroxylation is 1. The minimum absolute atomic E-state index is 0.0560. The standard InChI is InChI=1S/C22H24N4O2/c1-15-20(7-4-12-23-15)28-17-10-8-16(9-11-17)26-22(27)19-6-3-2-5-18(19)21-24-13-14-25-21/h2-7,12-14,16-17H,8-11H2,1H3,(H,24,25)(H,26,27). The zero-order chi connectivity index (χ0) is 19.3. The van der Waals surface area contributed by atoms with Crippen LogP contribution in [0.5, 0.6) is 5.75 Å². The number of carbonyl (C=O) groups is 1. The first kappa shape index (κ1) is 18.2. The molecule has 6 heteroatoms. The van der Waals surface area contributed by atoms with Gasteiger partial charge in [0.05, 0.1) is 17.4 Å². The highest BCUT2D eigenvalue weighted by atomic mass is 16.5. The number of nitrogens with zero attached hydrogens (tertiary/aromatic N) is 2. The molecule has 0 spiro atoms. The lowest BCUT2D eigenvalue weighted by Crippen LogP contribution is -2.39. The summed E-state index contributed by atoms with van der Waals surface area (Å²) in [7, 11) is 0. The zero-order valence-electron chi connectivity index (χ0n) is 15.9. The highest BCUT2D eigenvalue weighted by molar-refractivity contribution is 6.00. The molecule has 1 amide bonds. The molecular formula is C22H24N4O2. The number of aromatic amines is 1. The van der Waals surface area contributed by atoms with Gasteiger partial charge in [-0.05, 0) is 50.8 Å². The maximum Gasteiger partial charge on any atom is 0.252 e. The van der Waals surface area contributed by atoms with Gasteiger partial charge in [0.15, 0.2) is 0 Å². The van der Waals surface area contributed by atoms with Crippen molar-refractivity contribution in [2.24, 2.45) is 0 Å². The molecule has 0 bridgehead atoms. The lowest BCUT2D eigenvalue weighted by molar-refractivity contribution is 0.0893. The molecule has 0 radical (unpaired) electrons. The Balaban J connectivity index is 1.36. The summed E-state index contributed by atoms with van der Waals surface area (Å²) in [6.45, 7) is 1.96. The van der Waals surface area contributed by atoms with Crippen LogP contribution < -0.4 is 10.1 Å². The van der Waals surface area contributed by atoms with Crippen molar-refractivity contribution in [3.8, 4) is 17.1 Å². The highest BCUT2D eigenvalue weighted by Crippen LogP contribution is 2.26. The SMILES string of the molecule is Cc1ncccc1OC1CCC(NC(=O)c2ccccc2-c2ncc[nH]2)CC1. The third-order valence-corrected chi connectivity index (χ3v) is 5.19. The van der Waals surface area contributed by atoms with Crippen LogP contribution in [0.25, 0.3) is 11.4 Å². The summed E-state index contributed by atoms with van der Waals surface area (Å²) in [5.74, 6) is 1.50. The Morgan fingerprint density at radius 3 is 2.64 bits per heavy atom. The van der Waals surface area contributed by atoms with E-state index in [4.69, 9.17) is 4.74 Å². The number of hydrogen-bond acceptors (Lipinski definition) is 4. The smallest absolute Gasteiger partial charge is 0.252 e. The van der Waals surface area contributed by atoms with E-state index in [1.165, 1.54) is 0 Å². The molecule has 0 atom stereocenters. The van der Waals surface area contributed by atoms with E-state index >= 15 is 0 Å². The van der Waals surface area contributed by atoms with Crippen molar-refractivity contribution in [3.05, 3.63) is 66.2 Å². The summed E-state index contributed by atoms with van der Waals surface area (Å²) >= 11 is 0. The van der Waals surface area contributed by atoms with Gasteiger partial charge in [-0.3, -0.25) is 9.78 Å². The zero-order valence-corrected chi connectivity index (χ0v) is 15.9. The van der Waals surface area contributed by atoms with Gasteiger partial charge in [0.1, 0.15) is 11.6 Å². The number of nitrogens with one attached hydrogen (secondary N) is 2. The van der Waals surface area contributed by atoms with Crippen LogP contribution in [0.4, 0.5) is 0 Å². The molecule has 0 unspecified atom stereocenters. The molecule has 28 heavy (non-hydrogen) atoms. The molecule has 1 aliphatic carbocycles. The van der Waals surface area contributed by atoms with Gasteiger partial charge in [-0.2, -0.15) is 0 Å². The largest absolute Gasteiger partial charge is 0.489 e. The fourth-order valence-electron chi connectivity index (χ4n) is 3.66. The summed E-state index contributed by atoms with van der Waals surface area (Å²) in [5, 5.41) is 3.18. The Morgan fingerprint density at radius 1 is 1.07 bits per heavy atom. The third-order valence-electron chi connectivity index (χ3n) is 5.19. The normalized spacial score (nSPS) is 19.2. The minimum atomic E-state index is -0.0560. The summed E-state index contributed by atoms with van der Waals surface area (Å²) in [5.41, 5.74) is 2.36. The van der Waals surface area contributed by atoms with Gasteiger partial charge >= 0.3 is 0 Å². The van der Waals surface area contributed by atoms with Gasteiger partial charge in [0.25, 0.3) is 5.91 Å². The maximum atomic E-state index is 12.9. The summed E-state index contributed by atoms with van der Waals surface area (Å²) < 4.78 is 6.10. The summed E-state index contributed by atoms with van der Waals surface area (Å²) in [6, 6.07) is 11.6. The maximum absolute atomic E-state index is 12.9. The number of benzene rings is 1. The molecule has 2 aromatic heterocycles. The highest BCUT2D eigenvalue weighted by Gasteiger charge is 2.25. The molecule has 1 fully saturated rings. The average Bonchev–Trinajstić information content (AvgIpc) is 3.26. The van der Waals surface area contributed by atoms with Gasteiger partial charge in [-0.1, -0.05) is 18.2 Å². The van der Waals surface area contributed by atoms with E-state index in [2.05, 4.69) is 20.3 Å². The number of ether oxygens (including phenoxy) is 1. The first-order valence-electron chi connectivity index (χ1n) is 9.68. The Labute approximate surface area is 164 Å². The van der Waals surface area contributed by atoms with Crippen LogP contribution in [0.1, 0.15) is 41.7 Å². The van der Waals surface area contributed by atoms with Gasteiger partial charge in [0.2, 0.25) is 0 Å². The quantitative estimate of drug-likeness (QED) is 0.708. The lowest BCUT2D eigenvalue weighted by atomic mass is 9.92. The summed E-state index contributed by atoms with van der Waals surface area (Å²) in [6.07, 6.45) is 9.03. The van der Waals surface area contributed by atoms with Gasteiger partial charge in [-0.25, -0.2) is 4.98 Å². The van der Waals surface area contributed by atoms with Crippen molar-refractivity contribution in [3.63, 3.8) is 0 Å². The van der Waals surface area contributed by atoms with Gasteiger partial charge in [0, 0.05) is 30.2 Å². The predicted octanol–water partition coefficient (Wildman–Crippen LogP) is 3.90. The van der Waals surface area contributed by atoms with E-state index in [-0.39, 0.29) is 18.1 Å². The molecular weight excluding hydrogens is 352 g/mol. The van der Waals surface area contributed by atoms with E-state index in [9.17, 15) is 4.79 Å². The monoisotopic (exact) mass is 376 g/mol. The molecule has 0 aliphatic heterocycles. The van der Waals surface area contributed by atoms with E-state index in [0.29, 0.717) is 11.4 Å². The second-order valence-corrected chi connectivity index (χ2v) is 7.14. The molecule has 0 saturated heterocycles. The van der Waals surface area contributed by atoms with Gasteiger partial charge in [-0.15, -0.1) is 0 Å². The molecule has 2 N–H and O–H groups in total. The van der Waals surface area contributed by atoms with E-state index in [0.717, 1.165) is 42.7 Å². The molecule has 4 rings (SSSR count). The number of H-pyrrole nitrogens is 1. The second kappa shape index (κ2) is 8.25. The summed E-state index contributed by atoms with van der Waals surface area (Å²) in [4.78, 5) is 24.5. The molecule has 3 aromatic rings. The van der Waals surface area contributed by atoms with Crippen molar-refractivity contribution in [1.82, 2.24) is 20.3 Å². The van der Waals surface area contributed by atoms with Crippen molar-refractivity contribution >= 4 is 5.91 Å². The van der Waals surface area contributed by atoms with Crippen molar-refractivity contribution in [2.45, 2.75) is 44.8 Å². The Bertz CT molecular complexity index is 931. The van der Waals surface area contributed by atoms with Gasteiger partial charge < -0.3 is 15.0 Å². The van der Waals surface area contributed by atoms with Crippen LogP contribution in [0, 0.1) is 6.92 Å². The molecule has 1 aliphatic rings. The molecule has 1 aromatic carbocycles. The fourth-order valence-corrected chi connectivity index (χ4v) is 3.66. The van der Waals surface area contributed by atoms with E-state index < -0.39 is 0 Å². The third kappa shape index (κ3) is 4.06. The van der Waals surface area contributed by atoms with Crippen molar-refractivity contribution in [1.29, 1.82) is 0 Å². The number of imidazole rings is 1. The van der Waals surface area contributed by atoms with Crippen LogP contribution >= 0.6 is 0 Å². The molecule has 6 nitrogen and oxygen atoms in total. The number of hydrogen-bond donors (Lipinski definition) is 2. The fraction of sp³-hybridized carbons (Fsp3) is 0.318. The Hall–Kier alpha value is -3.15. The van der Waals surface area contributed by atoms with Crippen LogP contribution in [-0.4, -0.2) is 33.0 Å². The minimum Gasteiger partial charge on any atom is -0.489 e. The Morgan fingerprint density at radius 2 is 1.89 bits per heavy atom. The van der Waals surface area contributed by atoms with E-state index in [1.807, 2.05) is 43.3 Å².